The van der Waals surface area contributed by atoms with Gasteiger partial charge in [0.25, 0.3) is 0 Å². The molecule has 1 saturated carbocycles. The molecule has 2 aliphatic rings. The molecule has 108 valence electrons. The third kappa shape index (κ3) is 1.99. The van der Waals surface area contributed by atoms with Crippen LogP contribution in [0.1, 0.15) is 36.1 Å². The minimum absolute atomic E-state index is 0.678. The molecule has 0 atom stereocenters. The molecule has 4 heterocycles. The van der Waals surface area contributed by atoms with E-state index in [1.54, 1.807) is 11.3 Å². The smallest absolute Gasteiger partial charge is 0.193 e. The van der Waals surface area contributed by atoms with Crippen molar-refractivity contribution in [2.24, 2.45) is 0 Å². The zero-order valence-corrected chi connectivity index (χ0v) is 12.5. The molecule has 0 radical (unpaired) electrons. The van der Waals surface area contributed by atoms with Crippen LogP contribution in [0.2, 0.25) is 0 Å². The maximum Gasteiger partial charge on any atom is 0.193 e. The highest BCUT2D eigenvalue weighted by Gasteiger charge is 2.32. The molecular formula is C14H16N6S. The standard InChI is InChI=1S/C14H16N6S/c1-2-10(1)13-17-16-12-9-18(3-4-20(12)13)7-11-8-19-5-6-21-14(19)15-11/h5-6,8,10H,1-4,7,9H2. The second-order valence-electron chi connectivity index (χ2n) is 5.94. The number of thiazole rings is 1. The Balaban J connectivity index is 1.35. The van der Waals surface area contributed by atoms with Gasteiger partial charge in [0.15, 0.2) is 4.96 Å². The molecule has 0 aromatic carbocycles. The minimum Gasteiger partial charge on any atom is -0.312 e. The van der Waals surface area contributed by atoms with Crippen molar-refractivity contribution < 1.29 is 0 Å². The van der Waals surface area contributed by atoms with Crippen LogP contribution >= 0.6 is 11.3 Å². The van der Waals surface area contributed by atoms with E-state index < -0.39 is 0 Å². The molecule has 0 spiro atoms. The van der Waals surface area contributed by atoms with E-state index in [0.29, 0.717) is 5.92 Å². The van der Waals surface area contributed by atoms with Crippen LogP contribution in [0.5, 0.6) is 0 Å². The average molecular weight is 300 g/mol. The third-order valence-corrected chi connectivity index (χ3v) is 5.10. The molecule has 0 N–H and O–H groups in total. The van der Waals surface area contributed by atoms with Gasteiger partial charge in [-0.1, -0.05) is 0 Å². The van der Waals surface area contributed by atoms with Crippen molar-refractivity contribution in [1.82, 2.24) is 29.0 Å². The lowest BCUT2D eigenvalue weighted by atomic mass is 10.3. The van der Waals surface area contributed by atoms with Gasteiger partial charge in [0.2, 0.25) is 0 Å². The first kappa shape index (κ1) is 11.9. The fraction of sp³-hybridized carbons (Fsp3) is 0.500. The first-order valence-corrected chi connectivity index (χ1v) is 8.30. The molecule has 6 nitrogen and oxygen atoms in total. The lowest BCUT2D eigenvalue weighted by Crippen LogP contribution is -2.34. The molecule has 0 amide bonds. The highest BCUT2D eigenvalue weighted by Crippen LogP contribution is 2.39. The molecule has 0 saturated heterocycles. The Bertz CT molecular complexity index is 767. The number of hydrogen-bond donors (Lipinski definition) is 0. The van der Waals surface area contributed by atoms with Crippen LogP contribution in [0.4, 0.5) is 0 Å². The molecule has 1 aliphatic carbocycles. The van der Waals surface area contributed by atoms with E-state index in [9.17, 15) is 0 Å². The van der Waals surface area contributed by atoms with Crippen LogP contribution in [0.15, 0.2) is 17.8 Å². The van der Waals surface area contributed by atoms with E-state index in [1.165, 1.54) is 18.7 Å². The average Bonchev–Trinajstić information content (AvgIpc) is 2.92. The van der Waals surface area contributed by atoms with Gasteiger partial charge in [-0.2, -0.15) is 0 Å². The van der Waals surface area contributed by atoms with E-state index in [1.807, 2.05) is 0 Å². The molecular weight excluding hydrogens is 284 g/mol. The van der Waals surface area contributed by atoms with Gasteiger partial charge in [0.05, 0.1) is 12.2 Å². The molecule has 1 aliphatic heterocycles. The normalized spacial score (nSPS) is 19.2. The Hall–Kier alpha value is -1.73. The lowest BCUT2D eigenvalue weighted by Gasteiger charge is -2.26. The van der Waals surface area contributed by atoms with Crippen LogP contribution in [0.25, 0.3) is 4.96 Å². The van der Waals surface area contributed by atoms with Crippen molar-refractivity contribution in [3.8, 4) is 0 Å². The summed E-state index contributed by atoms with van der Waals surface area (Å²) in [7, 11) is 0. The Labute approximate surface area is 126 Å². The van der Waals surface area contributed by atoms with E-state index >= 15 is 0 Å². The number of nitrogens with zero attached hydrogens (tertiary/aromatic N) is 6. The summed E-state index contributed by atoms with van der Waals surface area (Å²) in [5.41, 5.74) is 1.14. The summed E-state index contributed by atoms with van der Waals surface area (Å²) in [4.78, 5) is 8.14. The summed E-state index contributed by atoms with van der Waals surface area (Å²) in [6.07, 6.45) is 6.76. The predicted octanol–water partition coefficient (Wildman–Crippen LogP) is 1.88. The summed E-state index contributed by atoms with van der Waals surface area (Å²) in [6.45, 7) is 3.83. The first-order valence-electron chi connectivity index (χ1n) is 7.42. The number of hydrogen-bond acceptors (Lipinski definition) is 5. The predicted molar refractivity (Wildman–Crippen MR) is 79.2 cm³/mol. The highest BCUT2D eigenvalue weighted by atomic mass is 32.1. The minimum atomic E-state index is 0.678. The van der Waals surface area contributed by atoms with Crippen molar-refractivity contribution in [2.45, 2.75) is 38.4 Å². The van der Waals surface area contributed by atoms with Crippen LogP contribution in [-0.2, 0) is 19.6 Å². The van der Waals surface area contributed by atoms with Crippen molar-refractivity contribution in [2.75, 3.05) is 6.54 Å². The van der Waals surface area contributed by atoms with Crippen LogP contribution in [0.3, 0.4) is 0 Å². The molecule has 5 rings (SSSR count). The van der Waals surface area contributed by atoms with Crippen molar-refractivity contribution in [3.05, 3.63) is 35.1 Å². The second kappa shape index (κ2) is 4.38. The van der Waals surface area contributed by atoms with Gasteiger partial charge in [-0.15, -0.1) is 21.5 Å². The van der Waals surface area contributed by atoms with E-state index in [2.05, 4.69) is 46.8 Å². The first-order chi connectivity index (χ1) is 10.4. The van der Waals surface area contributed by atoms with Gasteiger partial charge in [0.1, 0.15) is 11.6 Å². The monoisotopic (exact) mass is 300 g/mol. The SMILES string of the molecule is c1cn2cc(CN3CCn4c(nnc4C4CC4)C3)nc2s1. The number of aromatic nitrogens is 5. The number of rotatable bonds is 3. The van der Waals surface area contributed by atoms with E-state index in [-0.39, 0.29) is 0 Å². The molecule has 0 bridgehead atoms. The van der Waals surface area contributed by atoms with Crippen molar-refractivity contribution in [1.29, 1.82) is 0 Å². The van der Waals surface area contributed by atoms with Gasteiger partial charge in [-0.05, 0) is 12.8 Å². The van der Waals surface area contributed by atoms with Crippen LogP contribution in [0, 0.1) is 0 Å². The third-order valence-electron chi connectivity index (χ3n) is 4.33. The largest absolute Gasteiger partial charge is 0.312 e. The molecule has 7 heteroatoms. The van der Waals surface area contributed by atoms with Gasteiger partial charge in [-0.25, -0.2) is 4.98 Å². The quantitative estimate of drug-likeness (QED) is 0.741. The van der Waals surface area contributed by atoms with Crippen LogP contribution in [-0.4, -0.2) is 35.6 Å². The lowest BCUT2D eigenvalue weighted by molar-refractivity contribution is 0.205. The summed E-state index contributed by atoms with van der Waals surface area (Å²) in [5.74, 6) is 3.01. The Morgan fingerprint density at radius 1 is 1.24 bits per heavy atom. The number of imidazole rings is 1. The number of fused-ring (bicyclic) bond motifs is 2. The molecule has 0 unspecified atom stereocenters. The maximum atomic E-state index is 4.66. The fourth-order valence-electron chi connectivity index (χ4n) is 3.09. The van der Waals surface area contributed by atoms with E-state index in [0.717, 1.165) is 42.7 Å². The topological polar surface area (TPSA) is 51.2 Å². The fourth-order valence-corrected chi connectivity index (χ4v) is 3.81. The summed E-state index contributed by atoms with van der Waals surface area (Å²) >= 11 is 1.68. The summed E-state index contributed by atoms with van der Waals surface area (Å²) in [5, 5.41) is 10.9. The van der Waals surface area contributed by atoms with Gasteiger partial charge in [0, 0.05) is 43.3 Å². The second-order valence-corrected chi connectivity index (χ2v) is 6.81. The molecule has 3 aromatic rings. The van der Waals surface area contributed by atoms with Gasteiger partial charge >= 0.3 is 0 Å². The Morgan fingerprint density at radius 2 is 2.19 bits per heavy atom. The Kier molecular flexibility index (Phi) is 2.48. The van der Waals surface area contributed by atoms with Gasteiger partial charge < -0.3 is 4.57 Å². The van der Waals surface area contributed by atoms with E-state index in [4.69, 9.17) is 0 Å². The highest BCUT2D eigenvalue weighted by molar-refractivity contribution is 7.15. The maximum absolute atomic E-state index is 4.66. The molecule has 21 heavy (non-hydrogen) atoms. The summed E-state index contributed by atoms with van der Waals surface area (Å²) < 4.78 is 4.43. The summed E-state index contributed by atoms with van der Waals surface area (Å²) in [6, 6.07) is 0. The van der Waals surface area contributed by atoms with Crippen LogP contribution < -0.4 is 0 Å². The zero-order chi connectivity index (χ0) is 13.8. The molecule has 3 aromatic heterocycles. The van der Waals surface area contributed by atoms with Crippen molar-refractivity contribution in [3.63, 3.8) is 0 Å². The Morgan fingerprint density at radius 3 is 3.05 bits per heavy atom. The van der Waals surface area contributed by atoms with Crippen molar-refractivity contribution >= 4 is 16.3 Å². The van der Waals surface area contributed by atoms with Gasteiger partial charge in [-0.3, -0.25) is 9.30 Å². The molecule has 1 fully saturated rings. The zero-order valence-electron chi connectivity index (χ0n) is 11.6.